The van der Waals surface area contributed by atoms with Gasteiger partial charge in [0, 0.05) is 41.5 Å². The number of amides is 4. The second-order valence-electron chi connectivity index (χ2n) is 8.55. The standard InChI is InChI=1S/C24H32BrN3O4/c25-15-8-6-4-2-1-3-5-7-12-21(29)26-19-11-9-10-17-18(19)16-28(24(17)32)20-13-14-22(30)27-23(20)31/h9-11,20H,1-8,12-16H2,(H,26,29)(H,27,30,31). The quantitative estimate of drug-likeness (QED) is 0.251. The fraction of sp³-hybridized carbons (Fsp3) is 0.583. The smallest absolute Gasteiger partial charge is 0.255 e. The second kappa shape index (κ2) is 12.1. The van der Waals surface area contributed by atoms with Crippen LogP contribution in [0, 0.1) is 0 Å². The molecule has 174 valence electrons. The highest BCUT2D eigenvalue weighted by molar-refractivity contribution is 9.09. The molecular weight excluding hydrogens is 474 g/mol. The van der Waals surface area contributed by atoms with E-state index >= 15 is 0 Å². The molecule has 0 saturated carbocycles. The Morgan fingerprint density at radius 2 is 1.72 bits per heavy atom. The Hall–Kier alpha value is -2.22. The van der Waals surface area contributed by atoms with Gasteiger partial charge in [0.1, 0.15) is 6.04 Å². The number of halogens is 1. The summed E-state index contributed by atoms with van der Waals surface area (Å²) in [5.74, 6) is -1.03. The lowest BCUT2D eigenvalue weighted by Crippen LogP contribution is -2.52. The van der Waals surface area contributed by atoms with Crippen LogP contribution >= 0.6 is 15.9 Å². The van der Waals surface area contributed by atoms with Crippen LogP contribution in [0.3, 0.4) is 0 Å². The first-order valence-electron chi connectivity index (χ1n) is 11.6. The molecule has 32 heavy (non-hydrogen) atoms. The summed E-state index contributed by atoms with van der Waals surface area (Å²) in [4.78, 5) is 50.5. The van der Waals surface area contributed by atoms with Gasteiger partial charge in [0.05, 0.1) is 0 Å². The first-order chi connectivity index (χ1) is 15.5. The average Bonchev–Trinajstić information content (AvgIpc) is 3.10. The third-order valence-electron chi connectivity index (χ3n) is 6.14. The fourth-order valence-electron chi connectivity index (χ4n) is 4.36. The van der Waals surface area contributed by atoms with Gasteiger partial charge in [-0.15, -0.1) is 0 Å². The zero-order valence-electron chi connectivity index (χ0n) is 18.5. The number of piperidine rings is 1. The topological polar surface area (TPSA) is 95.6 Å². The lowest BCUT2D eigenvalue weighted by Gasteiger charge is -2.29. The third-order valence-corrected chi connectivity index (χ3v) is 6.70. The van der Waals surface area contributed by atoms with Crippen molar-refractivity contribution in [3.8, 4) is 0 Å². The van der Waals surface area contributed by atoms with Crippen LogP contribution in [0.5, 0.6) is 0 Å². The first-order valence-corrected chi connectivity index (χ1v) is 12.8. The summed E-state index contributed by atoms with van der Waals surface area (Å²) < 4.78 is 0. The zero-order valence-corrected chi connectivity index (χ0v) is 20.0. The molecule has 1 aromatic carbocycles. The van der Waals surface area contributed by atoms with Crippen molar-refractivity contribution < 1.29 is 19.2 Å². The maximum atomic E-state index is 12.9. The number of carbonyl (C=O) groups is 4. The van der Waals surface area contributed by atoms with Gasteiger partial charge in [0.15, 0.2) is 0 Å². The van der Waals surface area contributed by atoms with Crippen molar-refractivity contribution in [2.45, 2.75) is 83.2 Å². The molecule has 0 spiro atoms. The van der Waals surface area contributed by atoms with E-state index in [-0.39, 0.29) is 30.7 Å². The molecule has 3 rings (SSSR count). The van der Waals surface area contributed by atoms with Crippen LogP contribution in [-0.4, -0.2) is 39.9 Å². The summed E-state index contributed by atoms with van der Waals surface area (Å²) in [5.41, 5.74) is 1.87. The van der Waals surface area contributed by atoms with E-state index in [0.717, 1.165) is 30.2 Å². The SMILES string of the molecule is O=C1CCC(N2Cc3c(NC(=O)CCCCCCCCCCBr)cccc3C2=O)C(=O)N1. The summed E-state index contributed by atoms with van der Waals surface area (Å²) in [6.07, 6.45) is 10.3. The summed E-state index contributed by atoms with van der Waals surface area (Å²) in [5, 5.41) is 6.34. The van der Waals surface area contributed by atoms with Gasteiger partial charge in [0.2, 0.25) is 17.7 Å². The van der Waals surface area contributed by atoms with Gasteiger partial charge < -0.3 is 10.2 Å². The van der Waals surface area contributed by atoms with E-state index in [1.54, 1.807) is 18.2 Å². The Labute approximate surface area is 197 Å². The highest BCUT2D eigenvalue weighted by Crippen LogP contribution is 2.32. The molecule has 1 atom stereocenters. The molecule has 1 fully saturated rings. The Balaban J connectivity index is 1.46. The number of benzene rings is 1. The Morgan fingerprint density at radius 1 is 1.03 bits per heavy atom. The molecule has 4 amide bonds. The van der Waals surface area contributed by atoms with Crippen LogP contribution < -0.4 is 10.6 Å². The van der Waals surface area contributed by atoms with Crippen LogP contribution in [0.15, 0.2) is 18.2 Å². The van der Waals surface area contributed by atoms with Crippen molar-refractivity contribution in [3.05, 3.63) is 29.3 Å². The molecule has 1 aromatic rings. The van der Waals surface area contributed by atoms with Crippen molar-refractivity contribution in [3.63, 3.8) is 0 Å². The Morgan fingerprint density at radius 3 is 2.41 bits per heavy atom. The minimum Gasteiger partial charge on any atom is -0.326 e. The van der Waals surface area contributed by atoms with Gasteiger partial charge in [-0.25, -0.2) is 0 Å². The van der Waals surface area contributed by atoms with Gasteiger partial charge >= 0.3 is 0 Å². The summed E-state index contributed by atoms with van der Waals surface area (Å²) in [6, 6.07) is 4.61. The van der Waals surface area contributed by atoms with Crippen LogP contribution in [-0.2, 0) is 20.9 Å². The van der Waals surface area contributed by atoms with Gasteiger partial charge in [-0.2, -0.15) is 0 Å². The maximum absolute atomic E-state index is 12.9. The normalized spacial score (nSPS) is 18.0. The van der Waals surface area contributed by atoms with E-state index in [0.29, 0.717) is 24.1 Å². The number of unbranched alkanes of at least 4 members (excludes halogenated alkanes) is 7. The van der Waals surface area contributed by atoms with E-state index in [1.165, 1.54) is 37.0 Å². The number of nitrogens with zero attached hydrogens (tertiary/aromatic N) is 1. The van der Waals surface area contributed by atoms with Crippen LogP contribution in [0.4, 0.5) is 5.69 Å². The van der Waals surface area contributed by atoms with E-state index in [9.17, 15) is 19.2 Å². The number of alkyl halides is 1. The highest BCUT2D eigenvalue weighted by atomic mass is 79.9. The lowest BCUT2D eigenvalue weighted by molar-refractivity contribution is -0.137. The van der Waals surface area contributed by atoms with E-state index in [4.69, 9.17) is 0 Å². The number of hydrogen-bond acceptors (Lipinski definition) is 4. The molecule has 0 aliphatic carbocycles. The van der Waals surface area contributed by atoms with E-state index < -0.39 is 11.9 Å². The maximum Gasteiger partial charge on any atom is 0.255 e. The average molecular weight is 506 g/mol. The van der Waals surface area contributed by atoms with E-state index in [1.807, 2.05) is 0 Å². The molecule has 2 heterocycles. The summed E-state index contributed by atoms with van der Waals surface area (Å²) >= 11 is 3.45. The van der Waals surface area contributed by atoms with Crippen molar-refractivity contribution in [1.82, 2.24) is 10.2 Å². The molecular formula is C24H32BrN3O4. The molecule has 2 aliphatic heterocycles. The second-order valence-corrected chi connectivity index (χ2v) is 9.34. The van der Waals surface area contributed by atoms with E-state index in [2.05, 4.69) is 26.6 Å². The molecule has 2 aliphatic rings. The lowest BCUT2D eigenvalue weighted by atomic mass is 10.0. The van der Waals surface area contributed by atoms with Crippen molar-refractivity contribution >= 4 is 45.2 Å². The molecule has 0 aromatic heterocycles. The minimum absolute atomic E-state index is 0.0531. The minimum atomic E-state index is -0.657. The molecule has 8 heteroatoms. The van der Waals surface area contributed by atoms with Crippen molar-refractivity contribution in [2.24, 2.45) is 0 Å². The summed E-state index contributed by atoms with van der Waals surface area (Å²) in [7, 11) is 0. The number of fused-ring (bicyclic) bond motifs is 1. The number of anilines is 1. The van der Waals surface area contributed by atoms with Crippen LogP contribution in [0.25, 0.3) is 0 Å². The molecule has 1 unspecified atom stereocenters. The predicted molar refractivity (Wildman–Crippen MR) is 126 cm³/mol. The fourth-order valence-corrected chi connectivity index (χ4v) is 4.75. The number of nitrogens with one attached hydrogen (secondary N) is 2. The number of rotatable bonds is 12. The largest absolute Gasteiger partial charge is 0.326 e. The molecule has 1 saturated heterocycles. The number of carbonyl (C=O) groups excluding carboxylic acids is 4. The Kier molecular flexibility index (Phi) is 9.26. The molecule has 0 radical (unpaired) electrons. The molecule has 7 nitrogen and oxygen atoms in total. The van der Waals surface area contributed by atoms with Gasteiger partial charge in [-0.1, -0.05) is 60.5 Å². The van der Waals surface area contributed by atoms with Crippen molar-refractivity contribution in [1.29, 1.82) is 0 Å². The Bertz CT molecular complexity index is 858. The van der Waals surface area contributed by atoms with Gasteiger partial charge in [-0.3, -0.25) is 24.5 Å². The van der Waals surface area contributed by atoms with Gasteiger partial charge in [0.25, 0.3) is 5.91 Å². The van der Waals surface area contributed by atoms with Gasteiger partial charge in [-0.05, 0) is 31.4 Å². The number of imide groups is 1. The zero-order chi connectivity index (χ0) is 22.9. The van der Waals surface area contributed by atoms with Crippen molar-refractivity contribution in [2.75, 3.05) is 10.6 Å². The first kappa shape index (κ1) is 24.4. The highest BCUT2D eigenvalue weighted by Gasteiger charge is 2.39. The van der Waals surface area contributed by atoms with Crippen LogP contribution in [0.1, 0.15) is 86.6 Å². The molecule has 0 bridgehead atoms. The molecule has 2 N–H and O–H groups in total. The summed E-state index contributed by atoms with van der Waals surface area (Å²) in [6.45, 7) is 0.256. The van der Waals surface area contributed by atoms with Crippen LogP contribution in [0.2, 0.25) is 0 Å². The number of hydrogen-bond donors (Lipinski definition) is 2. The monoisotopic (exact) mass is 505 g/mol. The third kappa shape index (κ3) is 6.40. The predicted octanol–water partition coefficient (Wildman–Crippen LogP) is 4.29.